The standard InChI is InChI=1S/C23H38N4O2.HI/c1-24-23(26(2)14-15-29-18-21-4-5-21)25-16-19-10-12-27(13-11-19)17-20-6-8-22(28-3)9-7-20;/h6-9,19,21H,4-5,10-18H2,1-3H3,(H,24,25);1H. The highest BCUT2D eigenvalue weighted by Gasteiger charge is 2.22. The maximum atomic E-state index is 5.75. The number of methoxy groups -OCH3 is 1. The summed E-state index contributed by atoms with van der Waals surface area (Å²) >= 11 is 0. The molecule has 1 saturated carbocycles. The number of ether oxygens (including phenoxy) is 2. The van der Waals surface area contributed by atoms with Crippen molar-refractivity contribution < 1.29 is 9.47 Å². The molecule has 0 unspecified atom stereocenters. The first-order valence-electron chi connectivity index (χ1n) is 11.0. The van der Waals surface area contributed by atoms with Crippen LogP contribution < -0.4 is 10.1 Å². The first-order valence-corrected chi connectivity index (χ1v) is 11.0. The van der Waals surface area contributed by atoms with E-state index in [1.165, 1.54) is 31.2 Å². The van der Waals surface area contributed by atoms with Gasteiger partial charge in [0.05, 0.1) is 13.7 Å². The number of halogens is 1. The molecule has 1 heterocycles. The Kier molecular flexibility index (Phi) is 11.2. The number of hydrogen-bond acceptors (Lipinski definition) is 4. The molecule has 0 atom stereocenters. The Morgan fingerprint density at radius 2 is 1.83 bits per heavy atom. The van der Waals surface area contributed by atoms with Crippen molar-refractivity contribution in [3.63, 3.8) is 0 Å². The number of guanidine groups is 1. The Hall–Kier alpha value is -1.06. The summed E-state index contributed by atoms with van der Waals surface area (Å²) < 4.78 is 11.0. The average Bonchev–Trinajstić information content (AvgIpc) is 3.58. The van der Waals surface area contributed by atoms with Crippen LogP contribution in [0.2, 0.25) is 0 Å². The Morgan fingerprint density at radius 3 is 2.43 bits per heavy atom. The molecule has 2 aliphatic rings. The van der Waals surface area contributed by atoms with Gasteiger partial charge in [0.1, 0.15) is 5.75 Å². The minimum absolute atomic E-state index is 0. The van der Waals surface area contributed by atoms with Crippen LogP contribution in [0.1, 0.15) is 31.2 Å². The number of nitrogens with one attached hydrogen (secondary N) is 1. The molecule has 0 radical (unpaired) electrons. The number of aliphatic imine (C=N–C) groups is 1. The van der Waals surface area contributed by atoms with Crippen LogP contribution in [-0.4, -0.2) is 76.4 Å². The zero-order chi connectivity index (χ0) is 20.5. The van der Waals surface area contributed by atoms with Crippen molar-refractivity contribution in [1.82, 2.24) is 15.1 Å². The number of likely N-dealkylation sites (N-methyl/N-ethyl adjacent to an activating group) is 1. The summed E-state index contributed by atoms with van der Waals surface area (Å²) in [4.78, 5) is 9.16. The van der Waals surface area contributed by atoms with Crippen LogP contribution in [0.4, 0.5) is 0 Å². The SMILES string of the molecule is CN=C(NCC1CCN(Cc2ccc(OC)cc2)CC1)N(C)CCOCC1CC1.I. The Balaban J connectivity index is 0.00000320. The molecular weight excluding hydrogens is 491 g/mol. The molecule has 1 N–H and O–H groups in total. The van der Waals surface area contributed by atoms with Gasteiger partial charge in [-0.15, -0.1) is 24.0 Å². The Morgan fingerprint density at radius 1 is 1.13 bits per heavy atom. The smallest absolute Gasteiger partial charge is 0.193 e. The van der Waals surface area contributed by atoms with Crippen LogP contribution in [0.3, 0.4) is 0 Å². The van der Waals surface area contributed by atoms with Crippen molar-refractivity contribution in [3.8, 4) is 5.75 Å². The molecule has 1 aliphatic heterocycles. The maximum Gasteiger partial charge on any atom is 0.193 e. The van der Waals surface area contributed by atoms with E-state index in [0.29, 0.717) is 5.92 Å². The van der Waals surface area contributed by atoms with E-state index in [1.54, 1.807) is 7.11 Å². The van der Waals surface area contributed by atoms with Gasteiger partial charge in [0.15, 0.2) is 5.96 Å². The van der Waals surface area contributed by atoms with Gasteiger partial charge >= 0.3 is 0 Å². The first-order chi connectivity index (χ1) is 14.2. The fourth-order valence-electron chi connectivity index (χ4n) is 3.80. The molecule has 1 aromatic rings. The molecule has 0 amide bonds. The predicted molar refractivity (Wildman–Crippen MR) is 134 cm³/mol. The number of rotatable bonds is 10. The zero-order valence-electron chi connectivity index (χ0n) is 18.8. The van der Waals surface area contributed by atoms with E-state index in [1.807, 2.05) is 19.2 Å². The van der Waals surface area contributed by atoms with E-state index >= 15 is 0 Å². The summed E-state index contributed by atoms with van der Waals surface area (Å²) in [5.74, 6) is 3.43. The van der Waals surface area contributed by atoms with Crippen molar-refractivity contribution in [1.29, 1.82) is 0 Å². The van der Waals surface area contributed by atoms with E-state index in [0.717, 1.165) is 63.6 Å². The topological polar surface area (TPSA) is 49.3 Å². The molecule has 0 aromatic heterocycles. The predicted octanol–water partition coefficient (Wildman–Crippen LogP) is 3.46. The number of hydrogen-bond donors (Lipinski definition) is 1. The highest BCUT2D eigenvalue weighted by atomic mass is 127. The highest BCUT2D eigenvalue weighted by molar-refractivity contribution is 14.0. The molecule has 1 aliphatic carbocycles. The van der Waals surface area contributed by atoms with Crippen molar-refractivity contribution >= 4 is 29.9 Å². The van der Waals surface area contributed by atoms with Gasteiger partial charge in [0, 0.05) is 40.3 Å². The number of piperidine rings is 1. The van der Waals surface area contributed by atoms with E-state index in [9.17, 15) is 0 Å². The van der Waals surface area contributed by atoms with E-state index in [2.05, 4.69) is 39.3 Å². The van der Waals surface area contributed by atoms with Crippen LogP contribution >= 0.6 is 24.0 Å². The second kappa shape index (κ2) is 13.4. The number of benzene rings is 1. The van der Waals surface area contributed by atoms with Crippen molar-refractivity contribution in [2.75, 3.05) is 60.6 Å². The molecular formula is C23H39IN4O2. The lowest BCUT2D eigenvalue weighted by Crippen LogP contribution is -2.44. The van der Waals surface area contributed by atoms with Crippen molar-refractivity contribution in [3.05, 3.63) is 29.8 Å². The zero-order valence-corrected chi connectivity index (χ0v) is 21.1. The van der Waals surface area contributed by atoms with Crippen LogP contribution in [0, 0.1) is 11.8 Å². The van der Waals surface area contributed by atoms with E-state index in [-0.39, 0.29) is 24.0 Å². The minimum atomic E-state index is 0. The quantitative estimate of drug-likeness (QED) is 0.217. The fourth-order valence-corrected chi connectivity index (χ4v) is 3.80. The van der Waals surface area contributed by atoms with Crippen molar-refractivity contribution in [2.45, 2.75) is 32.2 Å². The molecule has 7 heteroatoms. The van der Waals surface area contributed by atoms with Gasteiger partial charge < -0.3 is 19.7 Å². The third-order valence-corrected chi connectivity index (χ3v) is 6.02. The lowest BCUT2D eigenvalue weighted by atomic mass is 9.96. The summed E-state index contributed by atoms with van der Waals surface area (Å²) in [6.07, 6.45) is 5.15. The van der Waals surface area contributed by atoms with Gasteiger partial charge in [-0.25, -0.2) is 0 Å². The second-order valence-corrected chi connectivity index (χ2v) is 8.44. The minimum Gasteiger partial charge on any atom is -0.497 e. The Labute approximate surface area is 199 Å². The summed E-state index contributed by atoms with van der Waals surface area (Å²) in [6.45, 7) is 6.91. The number of nitrogens with zero attached hydrogens (tertiary/aromatic N) is 3. The normalized spacial score (nSPS) is 18.0. The summed E-state index contributed by atoms with van der Waals surface area (Å²) in [5, 5.41) is 3.57. The van der Waals surface area contributed by atoms with Gasteiger partial charge in [0.25, 0.3) is 0 Å². The van der Waals surface area contributed by atoms with Crippen LogP contribution in [0.5, 0.6) is 5.75 Å². The second-order valence-electron chi connectivity index (χ2n) is 8.44. The lowest BCUT2D eigenvalue weighted by molar-refractivity contribution is 0.115. The lowest BCUT2D eigenvalue weighted by Gasteiger charge is -2.33. The summed E-state index contributed by atoms with van der Waals surface area (Å²) in [7, 11) is 5.66. The third kappa shape index (κ3) is 8.59. The molecule has 0 bridgehead atoms. The molecule has 2 fully saturated rings. The van der Waals surface area contributed by atoms with Crippen molar-refractivity contribution in [2.24, 2.45) is 16.8 Å². The molecule has 1 aromatic carbocycles. The third-order valence-electron chi connectivity index (χ3n) is 6.02. The van der Waals surface area contributed by atoms with E-state index < -0.39 is 0 Å². The summed E-state index contributed by atoms with van der Waals surface area (Å²) in [5.41, 5.74) is 1.35. The average molecular weight is 530 g/mol. The van der Waals surface area contributed by atoms with Gasteiger partial charge in [-0.05, 0) is 68.3 Å². The van der Waals surface area contributed by atoms with Crippen LogP contribution in [-0.2, 0) is 11.3 Å². The summed E-state index contributed by atoms with van der Waals surface area (Å²) in [6, 6.07) is 8.43. The monoisotopic (exact) mass is 530 g/mol. The van der Waals surface area contributed by atoms with Crippen LogP contribution in [0.25, 0.3) is 0 Å². The van der Waals surface area contributed by atoms with Crippen LogP contribution in [0.15, 0.2) is 29.3 Å². The maximum absolute atomic E-state index is 5.75. The molecule has 1 saturated heterocycles. The van der Waals surface area contributed by atoms with Gasteiger partial charge in [-0.3, -0.25) is 9.89 Å². The van der Waals surface area contributed by atoms with Gasteiger partial charge in [0.2, 0.25) is 0 Å². The molecule has 0 spiro atoms. The molecule has 6 nitrogen and oxygen atoms in total. The van der Waals surface area contributed by atoms with Gasteiger partial charge in [-0.1, -0.05) is 12.1 Å². The molecule has 170 valence electrons. The highest BCUT2D eigenvalue weighted by Crippen LogP contribution is 2.28. The largest absolute Gasteiger partial charge is 0.497 e. The first kappa shape index (κ1) is 25.2. The Bertz CT molecular complexity index is 629. The molecule has 3 rings (SSSR count). The van der Waals surface area contributed by atoms with Gasteiger partial charge in [-0.2, -0.15) is 0 Å². The van der Waals surface area contributed by atoms with E-state index in [4.69, 9.17) is 9.47 Å². The molecule has 30 heavy (non-hydrogen) atoms. The number of likely N-dealkylation sites (tertiary alicyclic amines) is 1. The fraction of sp³-hybridized carbons (Fsp3) is 0.696.